The van der Waals surface area contributed by atoms with E-state index >= 15 is 0 Å². The molecule has 1 aromatic heterocycles. The molecule has 2 heterocycles. The van der Waals surface area contributed by atoms with E-state index in [-0.39, 0.29) is 0 Å². The van der Waals surface area contributed by atoms with Gasteiger partial charge in [-0.05, 0) is 31.7 Å². The molecule has 0 amide bonds. The van der Waals surface area contributed by atoms with Crippen LogP contribution < -0.4 is 5.32 Å². The quantitative estimate of drug-likeness (QED) is 0.794. The number of rotatable bonds is 4. The fourth-order valence-electron chi connectivity index (χ4n) is 1.28. The van der Waals surface area contributed by atoms with Crippen molar-refractivity contribution in [1.29, 1.82) is 0 Å². The van der Waals surface area contributed by atoms with E-state index in [1.54, 1.807) is 0 Å². The van der Waals surface area contributed by atoms with Crippen molar-refractivity contribution in [3.8, 4) is 0 Å². The van der Waals surface area contributed by atoms with E-state index in [1.165, 1.54) is 18.8 Å². The molecule has 4 heteroatoms. The largest absolute Gasteiger partial charge is 0.360 e. The number of hydrogen-bond acceptors (Lipinski definition) is 4. The molecule has 0 radical (unpaired) electrons. The summed E-state index contributed by atoms with van der Waals surface area (Å²) in [7, 11) is 0. The average molecular weight is 198 g/mol. The maximum absolute atomic E-state index is 5.11. The third-order valence-electron chi connectivity index (χ3n) is 2.14. The van der Waals surface area contributed by atoms with Gasteiger partial charge in [-0.15, -0.1) is 0 Å². The molecule has 1 fully saturated rings. The molecule has 0 aromatic carbocycles. The highest BCUT2D eigenvalue weighted by molar-refractivity contribution is 7.98. The van der Waals surface area contributed by atoms with Crippen LogP contribution in [0, 0.1) is 12.8 Å². The van der Waals surface area contributed by atoms with E-state index in [9.17, 15) is 0 Å². The highest BCUT2D eigenvalue weighted by Gasteiger charge is 2.16. The van der Waals surface area contributed by atoms with Crippen LogP contribution in [-0.2, 0) is 5.75 Å². The van der Waals surface area contributed by atoms with Crippen molar-refractivity contribution in [2.75, 3.05) is 18.8 Å². The molecule has 3 nitrogen and oxygen atoms in total. The molecule has 1 N–H and O–H groups in total. The third kappa shape index (κ3) is 2.48. The first-order valence-corrected chi connectivity index (χ1v) is 5.71. The zero-order valence-corrected chi connectivity index (χ0v) is 8.56. The lowest BCUT2D eigenvalue weighted by atomic mass is 10.1. The van der Waals surface area contributed by atoms with Gasteiger partial charge in [0.2, 0.25) is 0 Å². The van der Waals surface area contributed by atoms with E-state index in [2.05, 4.69) is 10.5 Å². The van der Waals surface area contributed by atoms with Crippen molar-refractivity contribution >= 4 is 11.8 Å². The van der Waals surface area contributed by atoms with Crippen LogP contribution in [-0.4, -0.2) is 24.0 Å². The molecule has 1 aliphatic rings. The number of nitrogens with zero attached hydrogens (tertiary/aromatic N) is 1. The Hall–Kier alpha value is -0.480. The third-order valence-corrected chi connectivity index (χ3v) is 3.34. The van der Waals surface area contributed by atoms with Crippen molar-refractivity contribution < 1.29 is 4.52 Å². The molecule has 0 spiro atoms. The fourth-order valence-corrected chi connectivity index (χ4v) is 2.30. The summed E-state index contributed by atoms with van der Waals surface area (Å²) >= 11 is 1.93. The van der Waals surface area contributed by atoms with Gasteiger partial charge < -0.3 is 9.84 Å². The Labute approximate surface area is 82.3 Å². The number of thioether (sulfide) groups is 1. The van der Waals surface area contributed by atoms with Crippen LogP contribution in [0.5, 0.6) is 0 Å². The van der Waals surface area contributed by atoms with Crippen LogP contribution in [0.15, 0.2) is 10.6 Å². The van der Waals surface area contributed by atoms with Gasteiger partial charge in [0.25, 0.3) is 0 Å². The first kappa shape index (κ1) is 9.09. The Kier molecular flexibility index (Phi) is 2.90. The van der Waals surface area contributed by atoms with E-state index in [1.807, 2.05) is 24.8 Å². The predicted molar refractivity (Wildman–Crippen MR) is 53.8 cm³/mol. The lowest BCUT2D eigenvalue weighted by molar-refractivity contribution is 0.382. The Balaban J connectivity index is 1.67. The van der Waals surface area contributed by atoms with Crippen LogP contribution in [0.2, 0.25) is 0 Å². The van der Waals surface area contributed by atoms with Gasteiger partial charge >= 0.3 is 0 Å². The standard InChI is InChI=1S/C9H14N2OS/c1-7-2-9(12-11-7)6-13-5-8-3-10-4-8/h2,8,10H,3-6H2,1H3. The lowest BCUT2D eigenvalue weighted by Crippen LogP contribution is -2.43. The van der Waals surface area contributed by atoms with Crippen LogP contribution in [0.4, 0.5) is 0 Å². The molecular weight excluding hydrogens is 184 g/mol. The fraction of sp³-hybridized carbons (Fsp3) is 0.667. The summed E-state index contributed by atoms with van der Waals surface area (Å²) in [4.78, 5) is 0. The minimum atomic E-state index is 0.869. The van der Waals surface area contributed by atoms with Crippen molar-refractivity contribution in [1.82, 2.24) is 10.5 Å². The van der Waals surface area contributed by atoms with Crippen molar-refractivity contribution in [2.45, 2.75) is 12.7 Å². The van der Waals surface area contributed by atoms with Crippen molar-refractivity contribution in [2.24, 2.45) is 5.92 Å². The van der Waals surface area contributed by atoms with Gasteiger partial charge in [-0.2, -0.15) is 11.8 Å². The van der Waals surface area contributed by atoms with Crippen LogP contribution in [0.25, 0.3) is 0 Å². The van der Waals surface area contributed by atoms with E-state index in [0.717, 1.165) is 23.1 Å². The Morgan fingerprint density at radius 3 is 3.08 bits per heavy atom. The first-order valence-electron chi connectivity index (χ1n) is 4.55. The maximum Gasteiger partial charge on any atom is 0.146 e. The number of nitrogens with one attached hydrogen (secondary N) is 1. The topological polar surface area (TPSA) is 38.1 Å². The molecule has 13 heavy (non-hydrogen) atoms. The van der Waals surface area contributed by atoms with Gasteiger partial charge in [0.1, 0.15) is 5.76 Å². The maximum atomic E-state index is 5.11. The van der Waals surface area contributed by atoms with Crippen LogP contribution >= 0.6 is 11.8 Å². The molecule has 1 aromatic rings. The molecule has 2 rings (SSSR count). The minimum absolute atomic E-state index is 0.869. The van der Waals surface area contributed by atoms with Gasteiger partial charge in [-0.25, -0.2) is 0 Å². The molecule has 0 atom stereocenters. The number of hydrogen-bond donors (Lipinski definition) is 1. The van der Waals surface area contributed by atoms with Crippen LogP contribution in [0.1, 0.15) is 11.5 Å². The second kappa shape index (κ2) is 4.15. The summed E-state index contributed by atoms with van der Waals surface area (Å²) in [6.45, 7) is 4.32. The highest BCUT2D eigenvalue weighted by atomic mass is 32.2. The summed E-state index contributed by atoms with van der Waals surface area (Å²) in [5.74, 6) is 4.05. The van der Waals surface area contributed by atoms with Gasteiger partial charge in [0.15, 0.2) is 0 Å². The smallest absolute Gasteiger partial charge is 0.146 e. The van der Waals surface area contributed by atoms with Crippen molar-refractivity contribution in [3.05, 3.63) is 17.5 Å². The van der Waals surface area contributed by atoms with Crippen LogP contribution in [0.3, 0.4) is 0 Å². The lowest BCUT2D eigenvalue weighted by Gasteiger charge is -2.26. The molecular formula is C9H14N2OS. The predicted octanol–water partition coefficient (Wildman–Crippen LogP) is 1.44. The summed E-state index contributed by atoms with van der Waals surface area (Å²) < 4.78 is 5.11. The zero-order chi connectivity index (χ0) is 9.10. The van der Waals surface area contributed by atoms with E-state index < -0.39 is 0 Å². The zero-order valence-electron chi connectivity index (χ0n) is 7.75. The second-order valence-electron chi connectivity index (χ2n) is 3.47. The number of aromatic nitrogens is 1. The molecule has 0 unspecified atom stereocenters. The normalized spacial score (nSPS) is 17.3. The first-order chi connectivity index (χ1) is 6.34. The summed E-state index contributed by atoms with van der Waals surface area (Å²) in [6, 6.07) is 2.01. The van der Waals surface area contributed by atoms with E-state index in [4.69, 9.17) is 4.52 Å². The molecule has 0 bridgehead atoms. The SMILES string of the molecule is Cc1cc(CSCC2CNC2)on1. The summed E-state index contributed by atoms with van der Waals surface area (Å²) in [5.41, 5.74) is 0.973. The van der Waals surface area contributed by atoms with E-state index in [0.29, 0.717) is 0 Å². The summed E-state index contributed by atoms with van der Waals surface area (Å²) in [6.07, 6.45) is 0. The summed E-state index contributed by atoms with van der Waals surface area (Å²) in [5, 5.41) is 7.11. The molecule has 0 saturated carbocycles. The Morgan fingerprint density at radius 1 is 1.69 bits per heavy atom. The second-order valence-corrected chi connectivity index (χ2v) is 4.50. The van der Waals surface area contributed by atoms with Gasteiger partial charge in [0.05, 0.1) is 11.4 Å². The number of aryl methyl sites for hydroxylation is 1. The molecule has 1 aliphatic heterocycles. The van der Waals surface area contributed by atoms with Gasteiger partial charge in [-0.3, -0.25) is 0 Å². The molecule has 72 valence electrons. The highest BCUT2D eigenvalue weighted by Crippen LogP contribution is 2.17. The average Bonchev–Trinajstić information content (AvgIpc) is 2.42. The van der Waals surface area contributed by atoms with Gasteiger partial charge in [0, 0.05) is 6.07 Å². The minimum Gasteiger partial charge on any atom is -0.360 e. The Morgan fingerprint density at radius 2 is 2.54 bits per heavy atom. The molecule has 1 saturated heterocycles. The molecule has 0 aliphatic carbocycles. The van der Waals surface area contributed by atoms with Crippen molar-refractivity contribution in [3.63, 3.8) is 0 Å². The Bertz CT molecular complexity index is 270. The van der Waals surface area contributed by atoms with Gasteiger partial charge in [-0.1, -0.05) is 5.16 Å². The monoisotopic (exact) mass is 198 g/mol.